The molecular formula is C12H16O2S2. The molecule has 88 valence electrons. The fraction of sp³-hybridized carbons (Fsp3) is 0.500. The summed E-state index contributed by atoms with van der Waals surface area (Å²) in [7, 11) is 0. The lowest BCUT2D eigenvalue weighted by Crippen LogP contribution is -1.99. The SMILES string of the molecule is CC(CCO)SCc1sccc1C#CCO. The molecular weight excluding hydrogens is 240 g/mol. The zero-order valence-corrected chi connectivity index (χ0v) is 10.9. The largest absolute Gasteiger partial charge is 0.396 e. The Morgan fingerprint density at radius 3 is 3.00 bits per heavy atom. The van der Waals surface area contributed by atoms with Crippen LogP contribution in [-0.4, -0.2) is 28.7 Å². The maximum atomic E-state index is 8.80. The molecule has 4 heteroatoms. The van der Waals surface area contributed by atoms with Crippen molar-refractivity contribution >= 4 is 23.1 Å². The highest BCUT2D eigenvalue weighted by Gasteiger charge is 2.06. The molecule has 1 rings (SSSR count). The van der Waals surface area contributed by atoms with E-state index in [2.05, 4.69) is 18.8 Å². The first kappa shape index (κ1) is 13.6. The Balaban J connectivity index is 2.50. The van der Waals surface area contributed by atoms with E-state index in [0.29, 0.717) is 5.25 Å². The average molecular weight is 256 g/mol. The first-order chi connectivity index (χ1) is 7.77. The smallest absolute Gasteiger partial charge is 0.104 e. The molecule has 0 spiro atoms. The molecule has 0 saturated carbocycles. The molecule has 2 N–H and O–H groups in total. The van der Waals surface area contributed by atoms with Crippen molar-refractivity contribution in [1.82, 2.24) is 0 Å². The van der Waals surface area contributed by atoms with E-state index in [-0.39, 0.29) is 13.2 Å². The maximum absolute atomic E-state index is 8.80. The van der Waals surface area contributed by atoms with Crippen LogP contribution in [0.15, 0.2) is 11.4 Å². The van der Waals surface area contributed by atoms with Gasteiger partial charge < -0.3 is 10.2 Å². The first-order valence-corrected chi connectivity index (χ1v) is 7.09. The van der Waals surface area contributed by atoms with Crippen LogP contribution in [0.25, 0.3) is 0 Å². The second-order valence-electron chi connectivity index (χ2n) is 3.35. The highest BCUT2D eigenvalue weighted by Crippen LogP contribution is 2.25. The molecule has 0 aromatic carbocycles. The van der Waals surface area contributed by atoms with Gasteiger partial charge in [-0.1, -0.05) is 18.8 Å². The molecule has 1 aromatic rings. The summed E-state index contributed by atoms with van der Waals surface area (Å²) in [6, 6.07) is 1.99. The van der Waals surface area contributed by atoms with Gasteiger partial charge in [-0.05, 0) is 17.9 Å². The summed E-state index contributed by atoms with van der Waals surface area (Å²) >= 11 is 3.52. The van der Waals surface area contributed by atoms with Crippen molar-refractivity contribution in [2.45, 2.75) is 24.3 Å². The molecule has 0 bridgehead atoms. The Labute approximate surface area is 105 Å². The van der Waals surface area contributed by atoms with Crippen molar-refractivity contribution in [3.63, 3.8) is 0 Å². The van der Waals surface area contributed by atoms with Gasteiger partial charge in [0.1, 0.15) is 6.61 Å². The van der Waals surface area contributed by atoms with E-state index in [4.69, 9.17) is 10.2 Å². The van der Waals surface area contributed by atoms with Gasteiger partial charge in [0.2, 0.25) is 0 Å². The van der Waals surface area contributed by atoms with Crippen molar-refractivity contribution < 1.29 is 10.2 Å². The number of hydrogen-bond acceptors (Lipinski definition) is 4. The van der Waals surface area contributed by atoms with Crippen LogP contribution in [0.2, 0.25) is 0 Å². The van der Waals surface area contributed by atoms with E-state index < -0.39 is 0 Å². The number of thioether (sulfide) groups is 1. The lowest BCUT2D eigenvalue weighted by Gasteiger charge is -2.08. The fourth-order valence-electron chi connectivity index (χ4n) is 1.18. The Morgan fingerprint density at radius 1 is 1.50 bits per heavy atom. The van der Waals surface area contributed by atoms with E-state index in [1.165, 1.54) is 4.88 Å². The van der Waals surface area contributed by atoms with Crippen LogP contribution < -0.4 is 0 Å². The van der Waals surface area contributed by atoms with Gasteiger partial charge >= 0.3 is 0 Å². The van der Waals surface area contributed by atoms with Crippen LogP contribution in [0.4, 0.5) is 0 Å². The minimum atomic E-state index is -0.0939. The Kier molecular flexibility index (Phi) is 6.58. The summed E-state index contributed by atoms with van der Waals surface area (Å²) in [5, 5.41) is 19.9. The Morgan fingerprint density at radius 2 is 2.31 bits per heavy atom. The van der Waals surface area contributed by atoms with Crippen LogP contribution in [0.5, 0.6) is 0 Å². The van der Waals surface area contributed by atoms with Crippen molar-refractivity contribution in [2.24, 2.45) is 0 Å². The molecule has 0 amide bonds. The number of aliphatic hydroxyl groups excluding tert-OH is 2. The van der Waals surface area contributed by atoms with E-state index in [0.717, 1.165) is 17.7 Å². The lowest BCUT2D eigenvalue weighted by molar-refractivity contribution is 0.289. The zero-order chi connectivity index (χ0) is 11.8. The third-order valence-electron chi connectivity index (χ3n) is 2.08. The molecule has 0 fully saturated rings. The van der Waals surface area contributed by atoms with Crippen molar-refractivity contribution in [1.29, 1.82) is 0 Å². The average Bonchev–Trinajstić information content (AvgIpc) is 2.71. The summed E-state index contributed by atoms with van der Waals surface area (Å²) in [6.45, 7) is 2.27. The minimum Gasteiger partial charge on any atom is -0.396 e. The van der Waals surface area contributed by atoms with E-state index in [1.54, 1.807) is 11.3 Å². The van der Waals surface area contributed by atoms with Gasteiger partial charge in [0.25, 0.3) is 0 Å². The van der Waals surface area contributed by atoms with Crippen LogP contribution in [0.3, 0.4) is 0 Å². The zero-order valence-electron chi connectivity index (χ0n) is 9.27. The highest BCUT2D eigenvalue weighted by atomic mass is 32.2. The minimum absolute atomic E-state index is 0.0939. The number of aliphatic hydroxyl groups is 2. The molecule has 0 aliphatic heterocycles. The third kappa shape index (κ3) is 4.58. The summed E-state index contributed by atoms with van der Waals surface area (Å²) in [5.74, 6) is 6.54. The summed E-state index contributed by atoms with van der Waals surface area (Å²) < 4.78 is 0. The molecule has 1 unspecified atom stereocenters. The third-order valence-corrected chi connectivity index (χ3v) is 4.45. The maximum Gasteiger partial charge on any atom is 0.104 e. The van der Waals surface area contributed by atoms with Crippen LogP contribution >= 0.6 is 23.1 Å². The topological polar surface area (TPSA) is 40.5 Å². The van der Waals surface area contributed by atoms with Crippen molar-refractivity contribution in [3.8, 4) is 11.8 Å². The van der Waals surface area contributed by atoms with Gasteiger partial charge in [0.15, 0.2) is 0 Å². The molecule has 0 saturated heterocycles. The van der Waals surface area contributed by atoms with Gasteiger partial charge in [-0.15, -0.1) is 11.3 Å². The first-order valence-electron chi connectivity index (χ1n) is 5.16. The molecule has 1 atom stereocenters. The monoisotopic (exact) mass is 256 g/mol. The van der Waals surface area contributed by atoms with E-state index in [9.17, 15) is 0 Å². The number of rotatable bonds is 5. The summed E-state index contributed by atoms with van der Waals surface area (Å²) in [6.07, 6.45) is 0.827. The number of thiophene rings is 1. The molecule has 0 aliphatic rings. The Hall–Kier alpha value is -0.470. The van der Waals surface area contributed by atoms with E-state index >= 15 is 0 Å². The standard InChI is InChI=1S/C12H16O2S2/c1-10(4-7-14)16-9-12-11(3-2-6-13)5-8-15-12/h5,8,10,13-14H,4,6-7,9H2,1H3. The Bertz CT molecular complexity index is 363. The van der Waals surface area contributed by atoms with Gasteiger partial charge in [-0.3, -0.25) is 0 Å². The summed E-state index contributed by atoms with van der Waals surface area (Å²) in [4.78, 5) is 1.25. The predicted octanol–water partition coefficient (Wildman–Crippen LogP) is 2.10. The van der Waals surface area contributed by atoms with E-state index in [1.807, 2.05) is 23.2 Å². The van der Waals surface area contributed by atoms with Crippen molar-refractivity contribution in [3.05, 3.63) is 21.9 Å². The van der Waals surface area contributed by atoms with Crippen LogP contribution in [0, 0.1) is 11.8 Å². The predicted molar refractivity (Wildman–Crippen MR) is 70.7 cm³/mol. The van der Waals surface area contributed by atoms with Crippen LogP contribution in [0.1, 0.15) is 23.8 Å². The molecule has 0 radical (unpaired) electrons. The molecule has 1 aromatic heterocycles. The fourth-order valence-corrected chi connectivity index (χ4v) is 3.14. The molecule has 2 nitrogen and oxygen atoms in total. The van der Waals surface area contributed by atoms with Crippen LogP contribution in [-0.2, 0) is 5.75 Å². The van der Waals surface area contributed by atoms with Crippen molar-refractivity contribution in [2.75, 3.05) is 13.2 Å². The van der Waals surface area contributed by atoms with Gasteiger partial charge in [-0.2, -0.15) is 11.8 Å². The summed E-state index contributed by atoms with van der Waals surface area (Å²) in [5.41, 5.74) is 1.02. The van der Waals surface area contributed by atoms with Gasteiger partial charge in [-0.25, -0.2) is 0 Å². The second-order valence-corrected chi connectivity index (χ2v) is 5.78. The normalized spacial score (nSPS) is 11.9. The molecule has 1 heterocycles. The highest BCUT2D eigenvalue weighted by molar-refractivity contribution is 7.99. The molecule has 0 aliphatic carbocycles. The quantitative estimate of drug-likeness (QED) is 0.793. The van der Waals surface area contributed by atoms with Gasteiger partial charge in [0, 0.05) is 28.1 Å². The molecule has 16 heavy (non-hydrogen) atoms. The van der Waals surface area contributed by atoms with Gasteiger partial charge in [0.05, 0.1) is 0 Å². The number of hydrogen-bond donors (Lipinski definition) is 2. The lowest BCUT2D eigenvalue weighted by atomic mass is 10.3. The second kappa shape index (κ2) is 7.75.